The molecule has 1 aromatic heterocycles. The highest BCUT2D eigenvalue weighted by Gasteiger charge is 2.04. The van der Waals surface area contributed by atoms with Crippen LogP contribution in [0.4, 0.5) is 0 Å². The van der Waals surface area contributed by atoms with E-state index in [1.807, 2.05) is 0 Å². The largest absolute Gasteiger partial charge is 0.346 e. The van der Waals surface area contributed by atoms with Gasteiger partial charge in [-0.05, 0) is 32.4 Å². The molecule has 0 aliphatic carbocycles. The molecule has 1 aromatic carbocycles. The summed E-state index contributed by atoms with van der Waals surface area (Å²) in [6.45, 7) is 6.27. The van der Waals surface area contributed by atoms with Crippen molar-refractivity contribution in [1.29, 1.82) is 0 Å². The summed E-state index contributed by atoms with van der Waals surface area (Å²) in [5.74, 6) is 1.77. The van der Waals surface area contributed by atoms with Gasteiger partial charge in [0.1, 0.15) is 10.5 Å². The van der Waals surface area contributed by atoms with Crippen molar-refractivity contribution < 1.29 is 0 Å². The summed E-state index contributed by atoms with van der Waals surface area (Å²) in [6.07, 6.45) is 0.930. The zero-order valence-electron chi connectivity index (χ0n) is 11.5. The van der Waals surface area contributed by atoms with Crippen LogP contribution in [0.1, 0.15) is 29.6 Å². The third kappa shape index (κ3) is 3.67. The molecule has 0 radical (unpaired) electrons. The number of thioether (sulfide) groups is 1. The topological polar surface area (TPSA) is 28.7 Å². The van der Waals surface area contributed by atoms with E-state index in [4.69, 9.17) is 12.2 Å². The first-order chi connectivity index (χ1) is 9.10. The number of aryl methyl sites for hydroxylation is 2. The predicted molar refractivity (Wildman–Crippen MR) is 84.3 cm³/mol. The third-order valence-corrected chi connectivity index (χ3v) is 4.39. The molecular formula is C15H18N2S2. The van der Waals surface area contributed by atoms with Crippen molar-refractivity contribution in [2.24, 2.45) is 0 Å². The maximum atomic E-state index is 5.33. The number of nitrogens with zero attached hydrogens (tertiary/aromatic N) is 1. The molecule has 0 atom stereocenters. The normalized spacial score (nSPS) is 10.7. The van der Waals surface area contributed by atoms with Gasteiger partial charge in [0.05, 0.1) is 5.75 Å². The molecule has 0 aliphatic heterocycles. The Morgan fingerprint density at radius 2 is 1.89 bits per heavy atom. The minimum Gasteiger partial charge on any atom is -0.346 e. The Balaban J connectivity index is 2.12. The standard InChI is InChI=1S/C15H18N2S2/c1-4-13-11(3)16-14(17-15(13)18)9-19-12-7-5-10(2)6-8-12/h5-8H,4,9H2,1-3H3,(H,16,17,18). The van der Waals surface area contributed by atoms with E-state index in [9.17, 15) is 0 Å². The summed E-state index contributed by atoms with van der Waals surface area (Å²) < 4.78 is 0.734. The first-order valence-corrected chi connectivity index (χ1v) is 7.77. The average molecular weight is 290 g/mol. The van der Waals surface area contributed by atoms with E-state index >= 15 is 0 Å². The van der Waals surface area contributed by atoms with E-state index in [-0.39, 0.29) is 0 Å². The van der Waals surface area contributed by atoms with Crippen LogP contribution in [0.2, 0.25) is 0 Å². The van der Waals surface area contributed by atoms with Crippen molar-refractivity contribution in [3.8, 4) is 0 Å². The van der Waals surface area contributed by atoms with Gasteiger partial charge in [0.15, 0.2) is 0 Å². The van der Waals surface area contributed by atoms with Crippen LogP contribution in [-0.2, 0) is 12.2 Å². The summed E-state index contributed by atoms with van der Waals surface area (Å²) in [6, 6.07) is 8.54. The summed E-state index contributed by atoms with van der Waals surface area (Å²) in [5, 5.41) is 0. The monoisotopic (exact) mass is 290 g/mol. The zero-order chi connectivity index (χ0) is 13.8. The van der Waals surface area contributed by atoms with Crippen LogP contribution in [-0.4, -0.2) is 9.97 Å². The minimum atomic E-state index is 0.734. The van der Waals surface area contributed by atoms with Crippen LogP contribution in [0.5, 0.6) is 0 Å². The molecule has 1 heterocycles. The number of nitrogens with one attached hydrogen (secondary N) is 1. The van der Waals surface area contributed by atoms with Gasteiger partial charge < -0.3 is 4.98 Å². The molecular weight excluding hydrogens is 272 g/mol. The number of H-pyrrole nitrogens is 1. The Morgan fingerprint density at radius 3 is 2.47 bits per heavy atom. The fraction of sp³-hybridized carbons (Fsp3) is 0.333. The van der Waals surface area contributed by atoms with Crippen LogP contribution < -0.4 is 0 Å². The van der Waals surface area contributed by atoms with E-state index in [2.05, 4.69) is 55.0 Å². The van der Waals surface area contributed by atoms with E-state index in [1.165, 1.54) is 10.5 Å². The Hall–Kier alpha value is -1.13. The molecule has 0 amide bonds. The highest BCUT2D eigenvalue weighted by molar-refractivity contribution is 7.98. The average Bonchev–Trinajstić information content (AvgIpc) is 2.38. The molecule has 2 nitrogen and oxygen atoms in total. The fourth-order valence-corrected chi connectivity index (χ4v) is 3.12. The molecule has 2 rings (SSSR count). The minimum absolute atomic E-state index is 0.734. The summed E-state index contributed by atoms with van der Waals surface area (Å²) in [5.41, 5.74) is 3.58. The lowest BCUT2D eigenvalue weighted by Crippen LogP contribution is -2.01. The molecule has 100 valence electrons. The van der Waals surface area contributed by atoms with Gasteiger partial charge in [-0.15, -0.1) is 11.8 Å². The third-order valence-electron chi connectivity index (χ3n) is 3.03. The number of hydrogen-bond acceptors (Lipinski definition) is 3. The van der Waals surface area contributed by atoms with Crippen molar-refractivity contribution >= 4 is 24.0 Å². The van der Waals surface area contributed by atoms with Crippen molar-refractivity contribution in [1.82, 2.24) is 9.97 Å². The van der Waals surface area contributed by atoms with Crippen molar-refractivity contribution in [2.75, 3.05) is 0 Å². The van der Waals surface area contributed by atoms with E-state index in [0.29, 0.717) is 0 Å². The van der Waals surface area contributed by atoms with Gasteiger partial charge in [-0.1, -0.05) is 36.8 Å². The lowest BCUT2D eigenvalue weighted by Gasteiger charge is -2.07. The van der Waals surface area contributed by atoms with Crippen molar-refractivity contribution in [2.45, 2.75) is 37.8 Å². The second-order valence-electron chi connectivity index (χ2n) is 4.55. The van der Waals surface area contributed by atoms with Crippen LogP contribution >= 0.6 is 24.0 Å². The van der Waals surface area contributed by atoms with Gasteiger partial charge in [-0.3, -0.25) is 0 Å². The lowest BCUT2D eigenvalue weighted by molar-refractivity contribution is 0.927. The molecule has 0 fully saturated rings. The molecule has 0 aliphatic rings. The number of aromatic nitrogens is 2. The Kier molecular flexibility index (Phi) is 4.77. The first kappa shape index (κ1) is 14.3. The first-order valence-electron chi connectivity index (χ1n) is 6.38. The fourth-order valence-electron chi connectivity index (χ4n) is 1.94. The maximum absolute atomic E-state index is 5.33. The molecule has 4 heteroatoms. The number of hydrogen-bond donors (Lipinski definition) is 1. The Morgan fingerprint density at radius 1 is 1.21 bits per heavy atom. The highest BCUT2D eigenvalue weighted by Crippen LogP contribution is 2.22. The van der Waals surface area contributed by atoms with Crippen molar-refractivity contribution in [3.63, 3.8) is 0 Å². The second kappa shape index (κ2) is 6.35. The predicted octanol–water partition coefficient (Wildman–Crippen LogP) is 4.61. The van der Waals surface area contributed by atoms with Gasteiger partial charge in [-0.25, -0.2) is 4.98 Å². The number of benzene rings is 1. The maximum Gasteiger partial charge on any atom is 0.133 e. The molecule has 0 spiro atoms. The summed E-state index contributed by atoms with van der Waals surface area (Å²) >= 11 is 7.11. The Bertz CT molecular complexity index is 615. The van der Waals surface area contributed by atoms with Crippen LogP contribution in [0.3, 0.4) is 0 Å². The van der Waals surface area contributed by atoms with Crippen LogP contribution in [0.25, 0.3) is 0 Å². The highest BCUT2D eigenvalue weighted by atomic mass is 32.2. The van der Waals surface area contributed by atoms with E-state index < -0.39 is 0 Å². The van der Waals surface area contributed by atoms with Gasteiger partial charge >= 0.3 is 0 Å². The Labute approximate surface area is 123 Å². The van der Waals surface area contributed by atoms with Crippen molar-refractivity contribution in [3.05, 3.63) is 51.6 Å². The molecule has 2 aromatic rings. The number of rotatable bonds is 4. The van der Waals surface area contributed by atoms with Gasteiger partial charge in [0.2, 0.25) is 0 Å². The van der Waals surface area contributed by atoms with Crippen LogP contribution in [0, 0.1) is 18.5 Å². The van der Waals surface area contributed by atoms with Crippen LogP contribution in [0.15, 0.2) is 29.2 Å². The lowest BCUT2D eigenvalue weighted by atomic mass is 10.2. The number of aromatic amines is 1. The van der Waals surface area contributed by atoms with E-state index in [1.54, 1.807) is 11.8 Å². The summed E-state index contributed by atoms with van der Waals surface area (Å²) in [4.78, 5) is 9.08. The quantitative estimate of drug-likeness (QED) is 0.658. The zero-order valence-corrected chi connectivity index (χ0v) is 13.1. The van der Waals surface area contributed by atoms with Gasteiger partial charge in [0, 0.05) is 16.2 Å². The summed E-state index contributed by atoms with van der Waals surface area (Å²) in [7, 11) is 0. The molecule has 0 saturated heterocycles. The SMILES string of the molecule is CCc1c(C)[nH]c(CSc2ccc(C)cc2)nc1=S. The molecule has 0 bridgehead atoms. The molecule has 19 heavy (non-hydrogen) atoms. The van der Waals surface area contributed by atoms with E-state index in [0.717, 1.165) is 33.9 Å². The molecule has 0 unspecified atom stereocenters. The van der Waals surface area contributed by atoms with Gasteiger partial charge in [-0.2, -0.15) is 0 Å². The smallest absolute Gasteiger partial charge is 0.133 e. The second-order valence-corrected chi connectivity index (χ2v) is 5.98. The molecule has 0 saturated carbocycles. The van der Waals surface area contributed by atoms with Gasteiger partial charge in [0.25, 0.3) is 0 Å². The molecule has 1 N–H and O–H groups in total.